The van der Waals surface area contributed by atoms with Crippen molar-refractivity contribution in [1.29, 1.82) is 0 Å². The molecule has 1 saturated carbocycles. The molecule has 0 aromatic carbocycles. The van der Waals surface area contributed by atoms with Crippen LogP contribution in [0, 0.1) is 19.8 Å². The summed E-state index contributed by atoms with van der Waals surface area (Å²) in [7, 11) is 0. The topological polar surface area (TPSA) is 38.9 Å². The zero-order valence-electron chi connectivity index (χ0n) is 8.92. The Balaban J connectivity index is 2.02. The van der Waals surface area contributed by atoms with E-state index in [1.54, 1.807) is 11.3 Å². The maximum atomic E-state index is 6.19. The third-order valence-electron chi connectivity index (χ3n) is 3.09. The van der Waals surface area contributed by atoms with Gasteiger partial charge in [0.1, 0.15) is 0 Å². The highest BCUT2D eigenvalue weighted by molar-refractivity contribution is 7.11. The molecule has 1 aliphatic rings. The van der Waals surface area contributed by atoms with Gasteiger partial charge in [-0.3, -0.25) is 0 Å². The average molecular weight is 210 g/mol. The second kappa shape index (κ2) is 3.99. The number of nitrogens with zero attached hydrogens (tertiary/aromatic N) is 1. The molecule has 2 nitrogen and oxygen atoms in total. The van der Waals surface area contributed by atoms with Gasteiger partial charge in [-0.05, 0) is 26.2 Å². The first kappa shape index (κ1) is 10.1. The minimum atomic E-state index is 0.228. The summed E-state index contributed by atoms with van der Waals surface area (Å²) in [6.45, 7) is 4.12. The Labute approximate surface area is 89.5 Å². The summed E-state index contributed by atoms with van der Waals surface area (Å²) >= 11 is 1.76. The summed E-state index contributed by atoms with van der Waals surface area (Å²) in [5.41, 5.74) is 7.33. The Morgan fingerprint density at radius 3 is 2.64 bits per heavy atom. The lowest BCUT2D eigenvalue weighted by Gasteiger charge is -2.27. The molecule has 0 saturated heterocycles. The predicted octanol–water partition coefficient (Wildman–Crippen LogP) is 2.95. The number of hydrogen-bond acceptors (Lipinski definition) is 3. The van der Waals surface area contributed by atoms with Gasteiger partial charge in [-0.1, -0.05) is 19.3 Å². The zero-order chi connectivity index (χ0) is 10.1. The highest BCUT2D eigenvalue weighted by Crippen LogP contribution is 2.35. The van der Waals surface area contributed by atoms with E-state index in [1.807, 2.05) is 0 Å². The van der Waals surface area contributed by atoms with Gasteiger partial charge in [0.2, 0.25) is 0 Å². The summed E-state index contributed by atoms with van der Waals surface area (Å²) < 4.78 is 0. The Morgan fingerprint density at radius 2 is 2.21 bits per heavy atom. The Kier molecular flexibility index (Phi) is 2.88. The molecule has 1 aliphatic carbocycles. The normalized spacial score (nSPS) is 19.4. The first-order chi connectivity index (χ1) is 6.66. The summed E-state index contributed by atoms with van der Waals surface area (Å²) in [5, 5.41) is 1.14. The SMILES string of the molecule is Cc1nc(C)c(C(N)CC2CCC2)s1. The first-order valence-electron chi connectivity index (χ1n) is 5.36. The molecule has 0 bridgehead atoms. The van der Waals surface area contributed by atoms with Crippen molar-refractivity contribution < 1.29 is 0 Å². The molecule has 1 atom stereocenters. The molecule has 0 radical (unpaired) electrons. The Bertz CT molecular complexity index is 315. The van der Waals surface area contributed by atoms with Crippen LogP contribution in [0.3, 0.4) is 0 Å². The third kappa shape index (κ3) is 1.98. The average Bonchev–Trinajstić information content (AvgIpc) is 2.37. The number of rotatable bonds is 3. The molecule has 1 heterocycles. The molecular formula is C11H18N2S. The Morgan fingerprint density at radius 1 is 1.50 bits per heavy atom. The quantitative estimate of drug-likeness (QED) is 0.833. The van der Waals surface area contributed by atoms with E-state index in [9.17, 15) is 0 Å². The summed E-state index contributed by atoms with van der Waals surface area (Å²) in [5.74, 6) is 0.881. The van der Waals surface area contributed by atoms with Crippen molar-refractivity contribution in [2.75, 3.05) is 0 Å². The summed E-state index contributed by atoms with van der Waals surface area (Å²) in [6.07, 6.45) is 5.32. The van der Waals surface area contributed by atoms with Gasteiger partial charge in [-0.2, -0.15) is 0 Å². The molecule has 14 heavy (non-hydrogen) atoms. The van der Waals surface area contributed by atoms with Gasteiger partial charge in [0, 0.05) is 10.9 Å². The smallest absolute Gasteiger partial charge is 0.0900 e. The van der Waals surface area contributed by atoms with Crippen molar-refractivity contribution in [2.45, 2.75) is 45.6 Å². The fourth-order valence-corrected chi connectivity index (χ4v) is 3.03. The van der Waals surface area contributed by atoms with Crippen LogP contribution in [-0.2, 0) is 0 Å². The van der Waals surface area contributed by atoms with E-state index in [4.69, 9.17) is 5.73 Å². The molecule has 1 aromatic rings. The van der Waals surface area contributed by atoms with Crippen molar-refractivity contribution >= 4 is 11.3 Å². The van der Waals surface area contributed by atoms with Crippen LogP contribution in [0.4, 0.5) is 0 Å². The monoisotopic (exact) mass is 210 g/mol. The van der Waals surface area contributed by atoms with Crippen molar-refractivity contribution in [3.8, 4) is 0 Å². The van der Waals surface area contributed by atoms with Gasteiger partial charge in [0.05, 0.1) is 10.7 Å². The van der Waals surface area contributed by atoms with E-state index in [1.165, 1.54) is 24.1 Å². The maximum Gasteiger partial charge on any atom is 0.0900 e. The van der Waals surface area contributed by atoms with E-state index in [0.717, 1.165) is 23.0 Å². The van der Waals surface area contributed by atoms with Crippen LogP contribution in [0.2, 0.25) is 0 Å². The molecule has 1 aromatic heterocycles. The standard InChI is InChI=1S/C11H18N2S/c1-7-11(14-8(2)13-7)10(12)6-9-4-3-5-9/h9-10H,3-6,12H2,1-2H3. The molecule has 0 aliphatic heterocycles. The number of aryl methyl sites for hydroxylation is 2. The third-order valence-corrected chi connectivity index (χ3v) is 4.29. The van der Waals surface area contributed by atoms with E-state index < -0.39 is 0 Å². The predicted molar refractivity (Wildman–Crippen MR) is 60.5 cm³/mol. The van der Waals surface area contributed by atoms with Crippen LogP contribution in [0.15, 0.2) is 0 Å². The lowest BCUT2D eigenvalue weighted by atomic mass is 9.81. The zero-order valence-corrected chi connectivity index (χ0v) is 9.73. The molecule has 1 fully saturated rings. The van der Waals surface area contributed by atoms with Crippen LogP contribution in [0.25, 0.3) is 0 Å². The summed E-state index contributed by atoms with van der Waals surface area (Å²) in [6, 6.07) is 0.228. The van der Waals surface area contributed by atoms with Crippen molar-refractivity contribution in [3.63, 3.8) is 0 Å². The lowest BCUT2D eigenvalue weighted by Crippen LogP contribution is -2.19. The second-order valence-corrected chi connectivity index (χ2v) is 5.56. The van der Waals surface area contributed by atoms with Gasteiger partial charge in [-0.15, -0.1) is 11.3 Å². The highest BCUT2D eigenvalue weighted by Gasteiger charge is 2.22. The highest BCUT2D eigenvalue weighted by atomic mass is 32.1. The number of hydrogen-bond donors (Lipinski definition) is 1. The van der Waals surface area contributed by atoms with Gasteiger partial charge in [0.15, 0.2) is 0 Å². The fourth-order valence-electron chi connectivity index (χ4n) is 2.09. The molecule has 2 N–H and O–H groups in total. The van der Waals surface area contributed by atoms with Gasteiger partial charge in [0.25, 0.3) is 0 Å². The molecule has 1 unspecified atom stereocenters. The fraction of sp³-hybridized carbons (Fsp3) is 0.727. The van der Waals surface area contributed by atoms with Crippen molar-refractivity contribution in [1.82, 2.24) is 4.98 Å². The van der Waals surface area contributed by atoms with Gasteiger partial charge in [-0.25, -0.2) is 4.98 Å². The van der Waals surface area contributed by atoms with E-state index in [2.05, 4.69) is 18.8 Å². The molecule has 2 rings (SSSR count). The number of aromatic nitrogens is 1. The number of nitrogens with two attached hydrogens (primary N) is 1. The van der Waals surface area contributed by atoms with Crippen LogP contribution in [0.5, 0.6) is 0 Å². The molecular weight excluding hydrogens is 192 g/mol. The van der Waals surface area contributed by atoms with E-state index in [0.29, 0.717) is 0 Å². The van der Waals surface area contributed by atoms with E-state index in [-0.39, 0.29) is 6.04 Å². The van der Waals surface area contributed by atoms with Gasteiger partial charge >= 0.3 is 0 Å². The summed E-state index contributed by atoms with van der Waals surface area (Å²) in [4.78, 5) is 5.72. The van der Waals surface area contributed by atoms with Crippen LogP contribution < -0.4 is 5.73 Å². The second-order valence-electron chi connectivity index (χ2n) is 4.32. The molecule has 0 spiro atoms. The van der Waals surface area contributed by atoms with Crippen LogP contribution >= 0.6 is 11.3 Å². The molecule has 0 amide bonds. The van der Waals surface area contributed by atoms with E-state index >= 15 is 0 Å². The largest absolute Gasteiger partial charge is 0.323 e. The van der Waals surface area contributed by atoms with Crippen LogP contribution in [0.1, 0.15) is 47.3 Å². The molecule has 3 heteroatoms. The minimum Gasteiger partial charge on any atom is -0.323 e. The van der Waals surface area contributed by atoms with Gasteiger partial charge < -0.3 is 5.73 Å². The lowest BCUT2D eigenvalue weighted by molar-refractivity contribution is 0.278. The first-order valence-corrected chi connectivity index (χ1v) is 6.18. The minimum absolute atomic E-state index is 0.228. The van der Waals surface area contributed by atoms with Crippen molar-refractivity contribution in [2.24, 2.45) is 11.7 Å². The Hall–Kier alpha value is -0.410. The van der Waals surface area contributed by atoms with Crippen molar-refractivity contribution in [3.05, 3.63) is 15.6 Å². The molecule has 78 valence electrons. The maximum absolute atomic E-state index is 6.19. The number of thiazole rings is 1. The van der Waals surface area contributed by atoms with Crippen LogP contribution in [-0.4, -0.2) is 4.98 Å².